The van der Waals surface area contributed by atoms with Gasteiger partial charge in [0.1, 0.15) is 12.8 Å². The summed E-state index contributed by atoms with van der Waals surface area (Å²) in [5.74, 6) is 38.5. The van der Waals surface area contributed by atoms with E-state index in [9.17, 15) is 24.0 Å². The van der Waals surface area contributed by atoms with Crippen molar-refractivity contribution >= 4 is 29.2 Å². The molecular weight excluding hydrogens is 1060 g/mol. The number of nitrogens with zero attached hydrogens (tertiary/aromatic N) is 3. The minimum absolute atomic E-state index is 0. The van der Waals surface area contributed by atoms with Gasteiger partial charge in [-0.3, -0.25) is 10.6 Å². The van der Waals surface area contributed by atoms with Gasteiger partial charge in [-0.2, -0.15) is 0 Å². The third-order valence-corrected chi connectivity index (χ3v) is 7.84. The quantitative estimate of drug-likeness (QED) is 0.0855. The zero-order valence-corrected chi connectivity index (χ0v) is 40.6. The summed E-state index contributed by atoms with van der Waals surface area (Å²) in [5, 5.41) is 8.16. The van der Waals surface area contributed by atoms with Crippen LogP contribution in [0.25, 0.3) is 17.1 Å². The Morgan fingerprint density at radius 1 is 0.603 bits per heavy atom. The van der Waals surface area contributed by atoms with Gasteiger partial charge >= 0.3 is 29.3 Å². The van der Waals surface area contributed by atoms with E-state index in [4.69, 9.17) is 20.6 Å². The Bertz CT molecular complexity index is 3290. The minimum atomic E-state index is -1.06. The van der Waals surface area contributed by atoms with Crippen molar-refractivity contribution in [2.24, 2.45) is 0 Å². The smallest absolute Gasteiger partial charge is 0.425 e. The van der Waals surface area contributed by atoms with Gasteiger partial charge in [0.25, 0.3) is 0 Å². The van der Waals surface area contributed by atoms with Gasteiger partial charge in [0.15, 0.2) is 0 Å². The van der Waals surface area contributed by atoms with Crippen LogP contribution in [0.3, 0.4) is 0 Å². The third kappa shape index (κ3) is 13.0. The number of amides is 2. The second-order valence-corrected chi connectivity index (χ2v) is 11.9. The molecule has 0 aliphatic carbocycles. The number of anilines is 3. The van der Waals surface area contributed by atoms with Crippen molar-refractivity contribution in [3.8, 4) is 124 Å². The molecule has 0 radical (unpaired) electrons. The fourth-order valence-corrected chi connectivity index (χ4v) is 4.98. The van der Waals surface area contributed by atoms with Crippen LogP contribution in [0.1, 0.15) is 42.4 Å². The molecule has 0 aliphatic heterocycles. The molecule has 0 bridgehead atoms. The number of hydrogen-bond donors (Lipinski definition) is 3. The van der Waals surface area contributed by atoms with Crippen LogP contribution in [0.15, 0.2) is 69.0 Å². The molecule has 2 amide bonds. The molecule has 1 heterocycles. The van der Waals surface area contributed by atoms with Crippen LogP contribution in [0.2, 0.25) is 0 Å². The average Bonchev–Trinajstić information content (AvgIpc) is 3.24. The van der Waals surface area contributed by atoms with Gasteiger partial charge in [-0.25, -0.2) is 37.7 Å². The Morgan fingerprint density at radius 3 is 1.37 bits per heavy atom. The second kappa shape index (κ2) is 23.6. The number of terminal acetylenes is 1. The van der Waals surface area contributed by atoms with Gasteiger partial charge in [0.05, 0.1) is 17.1 Å². The predicted molar refractivity (Wildman–Crippen MR) is 272 cm³/mol. The molecule has 4 rings (SSSR count). The van der Waals surface area contributed by atoms with Crippen molar-refractivity contribution in [2.75, 3.05) is 36.4 Å². The molecule has 0 saturated heterocycles. The number of methoxy groups -OCH3 is 1. The number of benzene rings is 3. The molecule has 0 saturated carbocycles. The van der Waals surface area contributed by atoms with Crippen LogP contribution in [-0.4, -0.2) is 46.3 Å². The number of hydrogen-bond acceptors (Lipinski definition) is 9. The summed E-state index contributed by atoms with van der Waals surface area (Å²) in [7, 11) is 1.50. The van der Waals surface area contributed by atoms with Crippen LogP contribution in [0, 0.1) is 135 Å². The molecule has 3 N–H and O–H groups in total. The predicted octanol–water partition coefficient (Wildman–Crippen LogP) is 8.06. The van der Waals surface area contributed by atoms with E-state index in [1.165, 1.54) is 31.4 Å². The molecule has 15 heteroatoms. The van der Waals surface area contributed by atoms with E-state index < -0.39 is 29.3 Å². The van der Waals surface area contributed by atoms with Gasteiger partial charge < -0.3 is 26.5 Å². The molecule has 0 aliphatic rings. The average molecular weight is 1120 g/mol. The Labute approximate surface area is 383 Å². The number of carbonyl (C=O) groups is 2. The molecule has 3 aromatic carbocycles. The van der Waals surface area contributed by atoms with Crippen LogP contribution in [0.5, 0.6) is 0 Å². The molecule has 0 atom stereocenters. The van der Waals surface area contributed by atoms with E-state index in [0.717, 1.165) is 19.3 Å². The number of rotatable bonds is 9. The van der Waals surface area contributed by atoms with Crippen LogP contribution in [-0.2, 0) is 14.2 Å². The van der Waals surface area contributed by atoms with E-state index in [-0.39, 0.29) is 67.5 Å². The Morgan fingerprint density at radius 2 is 0.968 bits per heavy atom. The first-order valence-corrected chi connectivity index (χ1v) is 17.7. The summed E-state index contributed by atoms with van der Waals surface area (Å²) in [6, 6.07) is 13.6. The zero-order chi connectivity index (χ0) is 44.9. The minimum Gasteiger partial charge on any atom is -0.482 e. The summed E-state index contributed by atoms with van der Waals surface area (Å²) < 4.78 is 17.3. The third-order valence-electron chi connectivity index (χ3n) is 7.84. The summed E-state index contributed by atoms with van der Waals surface area (Å²) >= 11 is 0. The molecular formula is C48H67N6O8Rf-. The standard InChI is InChI=1S/C48H31N6O8.Rf.18H2/c1-7-9-10-11-12-13-14-15-16-17-18-19-20-21-22-23-30-62-45(56)51-43-33-40(29-26-37(43)5)54-47(58)52(38-27-24-35(3)41(31-38)49-34-60-6)46(57)53(48(54)59)39-28-25-36(4)42(32-39)50-44(55)61-8-2;;;;;;;;;;;;;;;;;;;/h1,24-29,31-33,49H,2,8,34H2,3-6H3,(H,50,55)(H,51,56);;18*1H/q-1;;;;;;;;;;;;;;;;;;;. The monoisotopic (exact) mass is 1120 g/mol. The maximum Gasteiger partial charge on any atom is 0.425 e. The van der Waals surface area contributed by atoms with Crippen LogP contribution in [0.4, 0.5) is 26.7 Å². The van der Waals surface area contributed by atoms with Crippen LogP contribution >= 0.6 is 0 Å². The molecule has 0 spiro atoms. The number of aromatic nitrogens is 3. The number of nitrogens with one attached hydrogen (secondary N) is 3. The molecule has 340 valence electrons. The SMILES string of the molecule is C#CC#CC#CC#CC#CC#CC#CC#CC#COC(=O)Nc1cc(-n2c(=O)n(-c3ccc(C)c(NCOC)c3)c(=O)n(-c3ccc(C)c(NC(=O)OC[CH2-])c3)c2=O)ccc1C.[HH].[HH].[HH].[HH].[HH].[HH].[HH].[HH].[HH].[HH].[HH].[HH].[HH].[HH].[HH].[HH].[HH].[HH].[Rf]. The maximum atomic E-state index is 14.4. The molecule has 0 unspecified atom stereocenters. The molecule has 63 heavy (non-hydrogen) atoms. The first kappa shape index (κ1) is 46.8. The molecule has 1 aromatic heterocycles. The first-order chi connectivity index (χ1) is 30.0. The van der Waals surface area contributed by atoms with Crippen LogP contribution < -0.4 is 33.0 Å². The van der Waals surface area contributed by atoms with E-state index in [0.29, 0.717) is 16.8 Å². The van der Waals surface area contributed by atoms with Crippen molar-refractivity contribution in [2.45, 2.75) is 20.8 Å². The van der Waals surface area contributed by atoms with Gasteiger partial charge in [-0.1, -0.05) is 18.2 Å². The number of ether oxygens (including phenoxy) is 3. The van der Waals surface area contributed by atoms with Gasteiger partial charge in [0, 0.05) is 97.2 Å². The van der Waals surface area contributed by atoms with Crippen molar-refractivity contribution in [1.82, 2.24) is 13.7 Å². The fraction of sp³-hybridized carbons (Fsp3) is 0.125. The van der Waals surface area contributed by atoms with E-state index in [2.05, 4.69) is 124 Å². The molecule has 14 nitrogen and oxygen atoms in total. The molecule has 4 aromatic rings. The van der Waals surface area contributed by atoms with Crippen molar-refractivity contribution in [3.63, 3.8) is 0 Å². The fourth-order valence-electron chi connectivity index (χ4n) is 4.98. The Balaban J connectivity index is -0.000000159. The van der Waals surface area contributed by atoms with Crippen molar-refractivity contribution < 1.29 is 49.5 Å². The number of aryl methyl sites for hydroxylation is 3. The van der Waals surface area contributed by atoms with Gasteiger partial charge in [-0.15, -0.1) is 6.42 Å². The zero-order valence-electron chi connectivity index (χ0n) is 34.2. The second-order valence-electron chi connectivity index (χ2n) is 11.9. The maximum absolute atomic E-state index is 14.4. The summed E-state index contributed by atoms with van der Waals surface area (Å²) in [6.45, 7) is 8.65. The first-order valence-electron chi connectivity index (χ1n) is 17.7. The summed E-state index contributed by atoms with van der Waals surface area (Å²) in [6.07, 6.45) is 5.29. The largest absolute Gasteiger partial charge is 0.482 e. The number of carbonyl (C=O) groups excluding carboxylic acids is 2. The van der Waals surface area contributed by atoms with Crippen molar-refractivity contribution in [3.05, 3.63) is 110 Å². The summed E-state index contributed by atoms with van der Waals surface area (Å²) in [4.78, 5) is 68.0. The Hall–Kier alpha value is -10.6. The van der Waals surface area contributed by atoms with Crippen molar-refractivity contribution in [1.29, 1.82) is 0 Å². The van der Waals surface area contributed by atoms with E-state index in [1.807, 2.05) is 6.92 Å². The normalized spacial score (nSPS) is 8.70. The summed E-state index contributed by atoms with van der Waals surface area (Å²) in [5.41, 5.74) is -0.172. The molecule has 0 fully saturated rings. The van der Waals surface area contributed by atoms with Gasteiger partial charge in [0.2, 0.25) is 0 Å². The van der Waals surface area contributed by atoms with Gasteiger partial charge in [-0.05, 0) is 128 Å². The Kier molecular flexibility index (Phi) is 17.5. The van der Waals surface area contributed by atoms with E-state index >= 15 is 0 Å². The van der Waals surface area contributed by atoms with E-state index in [1.54, 1.807) is 44.2 Å². The topological polar surface area (TPSA) is 164 Å².